The Morgan fingerprint density at radius 2 is 1.97 bits per heavy atom. The number of rotatable bonds is 8. The number of halogens is 1. The van der Waals surface area contributed by atoms with Gasteiger partial charge < -0.3 is 19.7 Å². The summed E-state index contributed by atoms with van der Waals surface area (Å²) in [4.78, 5) is 14.9. The summed E-state index contributed by atoms with van der Waals surface area (Å²) in [5.74, 6) is 0.651. The van der Waals surface area contributed by atoms with Crippen molar-refractivity contribution in [3.05, 3.63) is 66.0 Å². The van der Waals surface area contributed by atoms with E-state index in [0.29, 0.717) is 24.8 Å². The molecule has 0 spiro atoms. The number of urea groups is 1. The topological polar surface area (TPSA) is 68.6 Å². The Morgan fingerprint density at radius 1 is 1.24 bits per heavy atom. The van der Waals surface area contributed by atoms with Gasteiger partial charge >= 0.3 is 6.03 Å². The van der Waals surface area contributed by atoms with E-state index in [9.17, 15) is 9.18 Å². The summed E-state index contributed by atoms with van der Waals surface area (Å²) in [6.07, 6.45) is 1.91. The highest BCUT2D eigenvalue weighted by Crippen LogP contribution is 2.34. The number of hydrogen-bond donors (Lipinski definition) is 1. The molecule has 7 nitrogen and oxygen atoms in total. The molecular formula is C26H31FN4O3. The number of ether oxygens (including phenoxy) is 2. The van der Waals surface area contributed by atoms with Crippen molar-refractivity contribution in [1.82, 2.24) is 20.0 Å². The van der Waals surface area contributed by atoms with E-state index in [0.717, 1.165) is 29.7 Å². The average molecular weight is 467 g/mol. The SMILES string of the molecule is CC(C)NC(=O)N(Cc1c(-c2ccccc2)nn(C)c1Oc1ccc(F)cc1)CC1CCCO1. The van der Waals surface area contributed by atoms with Gasteiger partial charge in [-0.2, -0.15) is 5.10 Å². The Kier molecular flexibility index (Phi) is 7.47. The fourth-order valence-corrected chi connectivity index (χ4v) is 4.05. The van der Waals surface area contributed by atoms with Crippen molar-refractivity contribution >= 4 is 6.03 Å². The Bertz CT molecular complexity index is 1090. The van der Waals surface area contributed by atoms with Crippen LogP contribution in [0.5, 0.6) is 11.6 Å². The van der Waals surface area contributed by atoms with Crippen molar-refractivity contribution in [1.29, 1.82) is 0 Å². The van der Waals surface area contributed by atoms with Gasteiger partial charge in [-0.25, -0.2) is 13.9 Å². The Hall–Kier alpha value is -3.39. The van der Waals surface area contributed by atoms with E-state index in [-0.39, 0.29) is 30.5 Å². The zero-order chi connectivity index (χ0) is 24.1. The first-order valence-corrected chi connectivity index (χ1v) is 11.6. The molecule has 0 aliphatic carbocycles. The van der Waals surface area contributed by atoms with Crippen LogP contribution in [-0.4, -0.2) is 46.0 Å². The fraction of sp³-hybridized carbons (Fsp3) is 0.385. The van der Waals surface area contributed by atoms with Crippen LogP contribution < -0.4 is 10.1 Å². The summed E-state index contributed by atoms with van der Waals surface area (Å²) < 4.78 is 27.1. The fourth-order valence-electron chi connectivity index (χ4n) is 4.05. The van der Waals surface area contributed by atoms with Crippen LogP contribution >= 0.6 is 0 Å². The Labute approximate surface area is 199 Å². The molecule has 1 fully saturated rings. The lowest BCUT2D eigenvalue weighted by Crippen LogP contribution is -2.45. The van der Waals surface area contributed by atoms with Crippen LogP contribution in [0.25, 0.3) is 11.3 Å². The van der Waals surface area contributed by atoms with Gasteiger partial charge in [0.25, 0.3) is 0 Å². The third-order valence-corrected chi connectivity index (χ3v) is 5.66. The molecule has 8 heteroatoms. The van der Waals surface area contributed by atoms with Crippen LogP contribution in [-0.2, 0) is 18.3 Å². The van der Waals surface area contributed by atoms with Crippen molar-refractivity contribution in [2.75, 3.05) is 13.2 Å². The predicted octanol–water partition coefficient (Wildman–Crippen LogP) is 5.12. The van der Waals surface area contributed by atoms with E-state index in [1.165, 1.54) is 12.1 Å². The van der Waals surface area contributed by atoms with E-state index < -0.39 is 0 Å². The Balaban J connectivity index is 1.72. The zero-order valence-corrected chi connectivity index (χ0v) is 19.8. The maximum atomic E-state index is 13.4. The van der Waals surface area contributed by atoms with E-state index >= 15 is 0 Å². The van der Waals surface area contributed by atoms with Crippen molar-refractivity contribution < 1.29 is 18.7 Å². The monoisotopic (exact) mass is 466 g/mol. The second-order valence-corrected chi connectivity index (χ2v) is 8.80. The second kappa shape index (κ2) is 10.7. The minimum Gasteiger partial charge on any atom is -0.439 e. The highest BCUT2D eigenvalue weighted by molar-refractivity contribution is 5.75. The van der Waals surface area contributed by atoms with E-state index in [4.69, 9.17) is 14.6 Å². The first-order chi connectivity index (χ1) is 16.4. The molecule has 1 aliphatic heterocycles. The predicted molar refractivity (Wildman–Crippen MR) is 128 cm³/mol. The van der Waals surface area contributed by atoms with Gasteiger partial charge in [0.1, 0.15) is 17.3 Å². The van der Waals surface area contributed by atoms with Crippen LogP contribution in [0, 0.1) is 5.82 Å². The number of nitrogens with zero attached hydrogens (tertiary/aromatic N) is 3. The molecule has 0 radical (unpaired) electrons. The first-order valence-electron chi connectivity index (χ1n) is 11.6. The summed E-state index contributed by atoms with van der Waals surface area (Å²) in [5.41, 5.74) is 2.42. The number of aromatic nitrogens is 2. The van der Waals surface area contributed by atoms with Crippen molar-refractivity contribution in [3.8, 4) is 22.9 Å². The molecule has 0 saturated carbocycles. The quantitative estimate of drug-likeness (QED) is 0.501. The van der Waals surface area contributed by atoms with Crippen molar-refractivity contribution in [2.45, 2.75) is 45.4 Å². The summed E-state index contributed by atoms with van der Waals surface area (Å²) >= 11 is 0. The van der Waals surface area contributed by atoms with Crippen molar-refractivity contribution in [2.24, 2.45) is 7.05 Å². The lowest BCUT2D eigenvalue weighted by atomic mass is 10.1. The Morgan fingerprint density at radius 3 is 2.62 bits per heavy atom. The van der Waals surface area contributed by atoms with Gasteiger partial charge in [0.05, 0.1) is 18.2 Å². The second-order valence-electron chi connectivity index (χ2n) is 8.80. The maximum absolute atomic E-state index is 13.4. The minimum atomic E-state index is -0.337. The minimum absolute atomic E-state index is 0.00285. The molecule has 1 saturated heterocycles. The third kappa shape index (κ3) is 5.75. The first kappa shape index (κ1) is 23.8. The van der Waals surface area contributed by atoms with Crippen LogP contribution in [0.1, 0.15) is 32.3 Å². The van der Waals surface area contributed by atoms with Gasteiger partial charge in [0.2, 0.25) is 5.88 Å². The molecule has 1 aromatic heterocycles. The van der Waals surface area contributed by atoms with Crippen LogP contribution in [0.3, 0.4) is 0 Å². The number of hydrogen-bond acceptors (Lipinski definition) is 4. The summed E-state index contributed by atoms with van der Waals surface area (Å²) in [7, 11) is 1.80. The van der Waals surface area contributed by atoms with Crippen molar-refractivity contribution in [3.63, 3.8) is 0 Å². The van der Waals surface area contributed by atoms with Crippen LogP contribution in [0.2, 0.25) is 0 Å². The van der Waals surface area contributed by atoms with Gasteiger partial charge in [-0.3, -0.25) is 0 Å². The van der Waals surface area contributed by atoms with Gasteiger partial charge in [-0.15, -0.1) is 0 Å². The molecule has 34 heavy (non-hydrogen) atoms. The number of nitrogens with one attached hydrogen (secondary N) is 1. The number of aryl methyl sites for hydroxylation is 1. The largest absolute Gasteiger partial charge is 0.439 e. The number of carbonyl (C=O) groups excluding carboxylic acids is 1. The third-order valence-electron chi connectivity index (χ3n) is 5.66. The highest BCUT2D eigenvalue weighted by Gasteiger charge is 2.28. The van der Waals surface area contributed by atoms with Gasteiger partial charge in [-0.1, -0.05) is 30.3 Å². The lowest BCUT2D eigenvalue weighted by molar-refractivity contribution is 0.0789. The van der Waals surface area contributed by atoms with Crippen LogP contribution in [0.4, 0.5) is 9.18 Å². The molecule has 3 aromatic rings. The maximum Gasteiger partial charge on any atom is 0.317 e. The lowest BCUT2D eigenvalue weighted by Gasteiger charge is -2.27. The zero-order valence-electron chi connectivity index (χ0n) is 19.8. The number of carbonyl (C=O) groups is 1. The smallest absolute Gasteiger partial charge is 0.317 e. The standard InChI is InChI=1S/C26H31FN4O3/c1-18(2)28-26(32)31(16-22-10-7-15-33-22)17-23-24(19-8-5-4-6-9-19)29-30(3)25(23)34-21-13-11-20(27)12-14-21/h4-6,8-9,11-14,18,22H,7,10,15-17H2,1-3H3,(H,28,32). The van der Waals surface area contributed by atoms with E-state index in [1.54, 1.807) is 28.8 Å². The number of benzene rings is 2. The molecule has 1 N–H and O–H groups in total. The highest BCUT2D eigenvalue weighted by atomic mass is 19.1. The summed E-state index contributed by atoms with van der Waals surface area (Å²) in [6, 6.07) is 15.5. The molecule has 1 aliphatic rings. The van der Waals surface area contributed by atoms with Gasteiger partial charge in [0, 0.05) is 31.8 Å². The van der Waals surface area contributed by atoms with E-state index in [1.807, 2.05) is 44.2 Å². The van der Waals surface area contributed by atoms with E-state index in [2.05, 4.69) is 5.32 Å². The van der Waals surface area contributed by atoms with Gasteiger partial charge in [0.15, 0.2) is 0 Å². The molecular weight excluding hydrogens is 435 g/mol. The summed E-state index contributed by atoms with van der Waals surface area (Å²) in [5, 5.41) is 7.73. The molecule has 0 bridgehead atoms. The van der Waals surface area contributed by atoms with Gasteiger partial charge in [-0.05, 0) is 51.0 Å². The molecule has 2 amide bonds. The number of amides is 2. The molecule has 1 atom stereocenters. The molecule has 180 valence electrons. The van der Waals surface area contributed by atoms with Crippen LogP contribution in [0.15, 0.2) is 54.6 Å². The normalized spacial score (nSPS) is 15.5. The molecule has 1 unspecified atom stereocenters. The molecule has 2 aromatic carbocycles. The molecule has 2 heterocycles. The average Bonchev–Trinajstić information content (AvgIpc) is 3.43. The summed E-state index contributed by atoms with van der Waals surface area (Å²) in [6.45, 7) is 5.34. The molecule has 4 rings (SSSR count).